The quantitative estimate of drug-likeness (QED) is 0.777. The first-order valence-electron chi connectivity index (χ1n) is 9.07. The van der Waals surface area contributed by atoms with E-state index in [4.69, 9.17) is 0 Å². The average Bonchev–Trinajstić information content (AvgIpc) is 2.70. The van der Waals surface area contributed by atoms with Crippen LogP contribution in [0.15, 0.2) is 53.6 Å². The summed E-state index contributed by atoms with van der Waals surface area (Å²) in [7, 11) is -3.45. The molecule has 0 N–H and O–H groups in total. The first kappa shape index (κ1) is 18.7. The molecule has 7 heteroatoms. The van der Waals surface area contributed by atoms with Gasteiger partial charge in [0.2, 0.25) is 10.0 Å². The van der Waals surface area contributed by atoms with Crippen LogP contribution >= 0.6 is 0 Å². The Kier molecular flexibility index (Phi) is 5.78. The molecule has 1 aromatic carbocycles. The lowest BCUT2D eigenvalue weighted by Crippen LogP contribution is -2.46. The number of pyridine rings is 1. The van der Waals surface area contributed by atoms with Gasteiger partial charge < -0.3 is 9.80 Å². The Balaban J connectivity index is 1.67. The summed E-state index contributed by atoms with van der Waals surface area (Å²) in [5, 5.41) is 0. The van der Waals surface area contributed by atoms with Gasteiger partial charge in [0.15, 0.2) is 0 Å². The van der Waals surface area contributed by atoms with Crippen LogP contribution in [-0.2, 0) is 10.0 Å². The van der Waals surface area contributed by atoms with Crippen molar-refractivity contribution in [2.45, 2.75) is 18.7 Å². The number of piperazine rings is 1. The van der Waals surface area contributed by atoms with Gasteiger partial charge in [-0.2, -0.15) is 4.31 Å². The molecule has 1 aliphatic heterocycles. The number of anilines is 2. The summed E-state index contributed by atoms with van der Waals surface area (Å²) in [5.74, 6) is 0.830. The molecule has 140 valence electrons. The fourth-order valence-corrected chi connectivity index (χ4v) is 4.66. The zero-order valence-corrected chi connectivity index (χ0v) is 16.2. The summed E-state index contributed by atoms with van der Waals surface area (Å²) in [6.07, 6.45) is 1.48. The van der Waals surface area contributed by atoms with Gasteiger partial charge in [-0.3, -0.25) is 0 Å². The van der Waals surface area contributed by atoms with Gasteiger partial charge in [0, 0.05) is 51.2 Å². The van der Waals surface area contributed by atoms with Crippen LogP contribution in [0.5, 0.6) is 0 Å². The molecule has 2 heterocycles. The molecule has 1 fully saturated rings. The van der Waals surface area contributed by atoms with Crippen LogP contribution in [0.2, 0.25) is 0 Å². The molecule has 0 unspecified atom stereocenters. The van der Waals surface area contributed by atoms with Crippen molar-refractivity contribution in [2.75, 3.05) is 49.1 Å². The maximum Gasteiger partial charge on any atom is 0.244 e. The van der Waals surface area contributed by atoms with E-state index in [0.717, 1.165) is 32.0 Å². The van der Waals surface area contributed by atoms with Crippen molar-refractivity contribution in [2.24, 2.45) is 0 Å². The number of para-hydroxylation sites is 1. The van der Waals surface area contributed by atoms with E-state index in [1.807, 2.05) is 26.0 Å². The highest BCUT2D eigenvalue weighted by molar-refractivity contribution is 7.89. The molecule has 0 bridgehead atoms. The molecule has 6 nitrogen and oxygen atoms in total. The zero-order valence-electron chi connectivity index (χ0n) is 15.4. The summed E-state index contributed by atoms with van der Waals surface area (Å²) < 4.78 is 26.5. The Hall–Kier alpha value is -2.12. The van der Waals surface area contributed by atoms with Crippen molar-refractivity contribution in [3.63, 3.8) is 0 Å². The highest BCUT2D eigenvalue weighted by Crippen LogP contribution is 2.21. The third-order valence-electron chi connectivity index (χ3n) is 4.79. The number of sulfonamides is 1. The van der Waals surface area contributed by atoms with Crippen molar-refractivity contribution in [1.82, 2.24) is 9.29 Å². The summed E-state index contributed by atoms with van der Waals surface area (Å²) >= 11 is 0. The lowest BCUT2D eigenvalue weighted by molar-refractivity contribution is 0.445. The predicted octanol–water partition coefficient (Wildman–Crippen LogP) is 2.44. The fourth-order valence-electron chi connectivity index (χ4n) is 3.26. The molecule has 0 atom stereocenters. The van der Waals surface area contributed by atoms with E-state index in [1.54, 1.807) is 6.07 Å². The standard InChI is InChI=1S/C19H26N4O2S/c1-3-23(4-2)26(24,25)18-10-11-19(20-16-18)22-14-12-21(13-15-22)17-8-6-5-7-9-17/h5-11,16H,3-4,12-15H2,1-2H3. The topological polar surface area (TPSA) is 56.8 Å². The second-order valence-electron chi connectivity index (χ2n) is 6.25. The van der Waals surface area contributed by atoms with Gasteiger partial charge in [-0.1, -0.05) is 32.0 Å². The normalized spacial score (nSPS) is 15.5. The second-order valence-corrected chi connectivity index (χ2v) is 8.19. The lowest BCUT2D eigenvalue weighted by atomic mass is 10.2. The van der Waals surface area contributed by atoms with E-state index in [9.17, 15) is 8.42 Å². The highest BCUT2D eigenvalue weighted by atomic mass is 32.2. The van der Waals surface area contributed by atoms with E-state index in [1.165, 1.54) is 16.2 Å². The summed E-state index contributed by atoms with van der Waals surface area (Å²) in [6.45, 7) is 8.18. The zero-order chi connectivity index (χ0) is 18.6. The summed E-state index contributed by atoms with van der Waals surface area (Å²) in [4.78, 5) is 9.23. The van der Waals surface area contributed by atoms with E-state index in [-0.39, 0.29) is 4.90 Å². The average molecular weight is 375 g/mol. The van der Waals surface area contributed by atoms with Crippen LogP contribution < -0.4 is 9.80 Å². The van der Waals surface area contributed by atoms with Crippen molar-refractivity contribution in [1.29, 1.82) is 0 Å². The van der Waals surface area contributed by atoms with Gasteiger partial charge in [-0.15, -0.1) is 0 Å². The molecule has 0 amide bonds. The van der Waals surface area contributed by atoms with Crippen LogP contribution in [-0.4, -0.2) is 57.0 Å². The number of rotatable bonds is 6. The molecule has 0 spiro atoms. The Morgan fingerprint density at radius 1 is 0.923 bits per heavy atom. The Bertz CT molecular complexity index is 797. The first-order valence-corrected chi connectivity index (χ1v) is 10.5. The van der Waals surface area contributed by atoms with Gasteiger partial charge in [0.05, 0.1) is 0 Å². The Morgan fingerprint density at radius 3 is 2.08 bits per heavy atom. The molecular weight excluding hydrogens is 348 g/mol. The van der Waals surface area contributed by atoms with Crippen LogP contribution in [0, 0.1) is 0 Å². The van der Waals surface area contributed by atoms with Crippen LogP contribution in [0.1, 0.15) is 13.8 Å². The van der Waals surface area contributed by atoms with Crippen molar-refractivity contribution >= 4 is 21.5 Å². The largest absolute Gasteiger partial charge is 0.368 e. The molecule has 26 heavy (non-hydrogen) atoms. The van der Waals surface area contributed by atoms with E-state index >= 15 is 0 Å². The maximum absolute atomic E-state index is 12.5. The molecule has 0 radical (unpaired) electrons. The molecule has 2 aromatic rings. The highest BCUT2D eigenvalue weighted by Gasteiger charge is 2.23. The predicted molar refractivity (Wildman–Crippen MR) is 105 cm³/mol. The van der Waals surface area contributed by atoms with Crippen LogP contribution in [0.4, 0.5) is 11.5 Å². The second kappa shape index (κ2) is 8.05. The maximum atomic E-state index is 12.5. The number of hydrogen-bond donors (Lipinski definition) is 0. The minimum Gasteiger partial charge on any atom is -0.368 e. The van der Waals surface area contributed by atoms with Gasteiger partial charge in [-0.05, 0) is 24.3 Å². The number of benzene rings is 1. The van der Waals surface area contributed by atoms with Crippen molar-refractivity contribution in [3.8, 4) is 0 Å². The van der Waals surface area contributed by atoms with E-state index in [2.05, 4.69) is 39.0 Å². The molecule has 0 aliphatic carbocycles. The van der Waals surface area contributed by atoms with E-state index in [0.29, 0.717) is 13.1 Å². The van der Waals surface area contributed by atoms with Crippen LogP contribution in [0.25, 0.3) is 0 Å². The summed E-state index contributed by atoms with van der Waals surface area (Å²) in [5.41, 5.74) is 1.24. The first-order chi connectivity index (χ1) is 12.6. The summed E-state index contributed by atoms with van der Waals surface area (Å²) in [6, 6.07) is 13.9. The lowest BCUT2D eigenvalue weighted by Gasteiger charge is -2.36. The smallest absolute Gasteiger partial charge is 0.244 e. The Labute approximate surface area is 156 Å². The van der Waals surface area contributed by atoms with E-state index < -0.39 is 10.0 Å². The minimum atomic E-state index is -3.45. The van der Waals surface area contributed by atoms with Gasteiger partial charge in [-0.25, -0.2) is 13.4 Å². The third kappa shape index (κ3) is 3.83. The monoisotopic (exact) mass is 374 g/mol. The minimum absolute atomic E-state index is 0.257. The molecule has 1 aromatic heterocycles. The fraction of sp³-hybridized carbons (Fsp3) is 0.421. The SMILES string of the molecule is CCN(CC)S(=O)(=O)c1ccc(N2CCN(c3ccccc3)CC2)nc1. The molecule has 0 saturated carbocycles. The Morgan fingerprint density at radius 2 is 1.54 bits per heavy atom. The van der Waals surface area contributed by atoms with Crippen molar-refractivity contribution in [3.05, 3.63) is 48.7 Å². The number of aromatic nitrogens is 1. The van der Waals surface area contributed by atoms with Crippen molar-refractivity contribution < 1.29 is 8.42 Å². The molecule has 3 rings (SSSR count). The van der Waals surface area contributed by atoms with Gasteiger partial charge in [0.25, 0.3) is 0 Å². The molecule has 1 saturated heterocycles. The molecule has 1 aliphatic rings. The number of hydrogen-bond acceptors (Lipinski definition) is 5. The van der Waals surface area contributed by atoms with Gasteiger partial charge in [0.1, 0.15) is 10.7 Å². The van der Waals surface area contributed by atoms with Gasteiger partial charge >= 0.3 is 0 Å². The third-order valence-corrected chi connectivity index (χ3v) is 6.82. The molecular formula is C19H26N4O2S. The van der Waals surface area contributed by atoms with Crippen LogP contribution in [0.3, 0.4) is 0 Å². The number of nitrogens with zero attached hydrogens (tertiary/aromatic N) is 4.